The van der Waals surface area contributed by atoms with Crippen LogP contribution in [0.3, 0.4) is 0 Å². The summed E-state index contributed by atoms with van der Waals surface area (Å²) >= 11 is 0. The van der Waals surface area contributed by atoms with Gasteiger partial charge < -0.3 is 5.73 Å². The monoisotopic (exact) mass is 315 g/mol. The first-order chi connectivity index (χ1) is 10.5. The molecule has 0 bridgehead atoms. The highest BCUT2D eigenvalue weighted by atomic mass is 32.2. The Kier molecular flexibility index (Phi) is 3.52. The van der Waals surface area contributed by atoms with Crippen molar-refractivity contribution in [2.24, 2.45) is 0 Å². The summed E-state index contributed by atoms with van der Waals surface area (Å²) in [5.74, 6) is 0.388. The Morgan fingerprint density at radius 2 is 2.05 bits per heavy atom. The van der Waals surface area contributed by atoms with E-state index in [0.29, 0.717) is 17.9 Å². The molecule has 8 heteroatoms. The molecular formula is C14H13N5O2S. The predicted octanol–water partition coefficient (Wildman–Crippen LogP) is 0.677. The number of sulfonamides is 1. The highest BCUT2D eigenvalue weighted by molar-refractivity contribution is 7.89. The van der Waals surface area contributed by atoms with Crippen molar-refractivity contribution in [3.63, 3.8) is 0 Å². The van der Waals surface area contributed by atoms with Crippen LogP contribution in [0.15, 0.2) is 35.5 Å². The lowest BCUT2D eigenvalue weighted by atomic mass is 10.1. The maximum Gasteiger partial charge on any atom is 0.244 e. The van der Waals surface area contributed by atoms with Gasteiger partial charge in [-0.25, -0.2) is 18.4 Å². The van der Waals surface area contributed by atoms with Crippen LogP contribution in [0.5, 0.6) is 0 Å². The molecule has 2 heterocycles. The van der Waals surface area contributed by atoms with Gasteiger partial charge in [-0.1, -0.05) is 12.1 Å². The van der Waals surface area contributed by atoms with E-state index in [1.165, 1.54) is 22.8 Å². The Balaban J connectivity index is 2.00. The number of aromatic nitrogens is 2. The topological polar surface area (TPSA) is 113 Å². The van der Waals surface area contributed by atoms with Gasteiger partial charge in [0.25, 0.3) is 0 Å². The molecule has 1 aliphatic heterocycles. The Morgan fingerprint density at radius 3 is 2.82 bits per heavy atom. The second-order valence-electron chi connectivity index (χ2n) is 4.88. The van der Waals surface area contributed by atoms with Crippen molar-refractivity contribution >= 4 is 15.8 Å². The molecule has 0 aliphatic carbocycles. The first-order valence-corrected chi connectivity index (χ1v) is 8.05. The van der Waals surface area contributed by atoms with E-state index in [4.69, 9.17) is 11.0 Å². The van der Waals surface area contributed by atoms with Crippen LogP contribution in [-0.2, 0) is 23.0 Å². The third-order valence-electron chi connectivity index (χ3n) is 3.63. The van der Waals surface area contributed by atoms with E-state index in [2.05, 4.69) is 9.97 Å². The predicted molar refractivity (Wildman–Crippen MR) is 78.9 cm³/mol. The van der Waals surface area contributed by atoms with E-state index >= 15 is 0 Å². The lowest BCUT2D eigenvalue weighted by Crippen LogP contribution is -2.37. The molecule has 0 spiro atoms. The Bertz CT molecular complexity index is 873. The number of nitrogen functional groups attached to an aromatic ring is 1. The fourth-order valence-electron chi connectivity index (χ4n) is 2.48. The van der Waals surface area contributed by atoms with Gasteiger partial charge in [-0.15, -0.1) is 0 Å². The Morgan fingerprint density at radius 1 is 1.27 bits per heavy atom. The van der Waals surface area contributed by atoms with Gasteiger partial charge in [0.2, 0.25) is 10.0 Å². The summed E-state index contributed by atoms with van der Waals surface area (Å²) in [6.45, 7) is 0.414. The summed E-state index contributed by atoms with van der Waals surface area (Å²) in [5.41, 5.74) is 7.33. The maximum atomic E-state index is 12.8. The lowest BCUT2D eigenvalue weighted by Gasteiger charge is -2.27. The van der Waals surface area contributed by atoms with Crippen molar-refractivity contribution in [1.82, 2.24) is 14.3 Å². The number of benzene rings is 1. The van der Waals surface area contributed by atoms with Crippen LogP contribution in [0, 0.1) is 11.3 Å². The largest absolute Gasteiger partial charge is 0.383 e. The summed E-state index contributed by atoms with van der Waals surface area (Å²) in [5, 5.41) is 9.10. The number of hydrogen-bond donors (Lipinski definition) is 1. The van der Waals surface area contributed by atoms with Gasteiger partial charge in [-0.3, -0.25) is 0 Å². The zero-order valence-corrected chi connectivity index (χ0v) is 12.4. The minimum atomic E-state index is -3.75. The number of fused-ring (bicyclic) bond motifs is 1. The van der Waals surface area contributed by atoms with Crippen molar-refractivity contribution in [2.75, 3.05) is 12.3 Å². The SMILES string of the molecule is N#Cc1ccccc1S(=O)(=O)N1CCc2c(N)ncnc2C1. The zero-order chi connectivity index (χ0) is 15.7. The van der Waals surface area contributed by atoms with E-state index < -0.39 is 10.0 Å². The van der Waals surface area contributed by atoms with Crippen LogP contribution in [0.25, 0.3) is 0 Å². The van der Waals surface area contributed by atoms with E-state index in [9.17, 15) is 8.42 Å². The van der Waals surface area contributed by atoms with Crippen molar-refractivity contribution in [2.45, 2.75) is 17.9 Å². The zero-order valence-electron chi connectivity index (χ0n) is 11.6. The molecule has 7 nitrogen and oxygen atoms in total. The molecule has 0 fully saturated rings. The number of hydrogen-bond acceptors (Lipinski definition) is 6. The van der Waals surface area contributed by atoms with E-state index in [0.717, 1.165) is 5.56 Å². The molecule has 1 aromatic heterocycles. The standard InChI is InChI=1S/C14H13N5O2S/c15-7-10-3-1-2-4-13(10)22(20,21)19-6-5-11-12(8-19)17-9-18-14(11)16/h1-4,9H,5-6,8H2,(H2,16,17,18). The molecule has 22 heavy (non-hydrogen) atoms. The van der Waals surface area contributed by atoms with Gasteiger partial charge in [0.05, 0.1) is 22.7 Å². The molecule has 0 unspecified atom stereocenters. The van der Waals surface area contributed by atoms with Gasteiger partial charge in [0.15, 0.2) is 0 Å². The summed E-state index contributed by atoms with van der Waals surface area (Å²) in [6, 6.07) is 8.09. The minimum absolute atomic E-state index is 0.0166. The average Bonchev–Trinajstić information content (AvgIpc) is 2.54. The molecule has 1 aromatic carbocycles. The fraction of sp³-hybridized carbons (Fsp3) is 0.214. The lowest BCUT2D eigenvalue weighted by molar-refractivity contribution is 0.385. The number of nitrogens with two attached hydrogens (primary N) is 1. The molecule has 0 radical (unpaired) electrons. The molecule has 2 N–H and O–H groups in total. The number of rotatable bonds is 2. The third kappa shape index (κ3) is 2.30. The summed E-state index contributed by atoms with van der Waals surface area (Å²) in [6.07, 6.45) is 1.78. The molecule has 112 valence electrons. The van der Waals surface area contributed by atoms with Crippen LogP contribution < -0.4 is 5.73 Å². The van der Waals surface area contributed by atoms with Gasteiger partial charge in [-0.05, 0) is 18.6 Å². The van der Waals surface area contributed by atoms with Crippen molar-refractivity contribution in [1.29, 1.82) is 5.26 Å². The Hall–Kier alpha value is -2.50. The molecule has 3 rings (SSSR count). The van der Waals surface area contributed by atoms with Crippen molar-refractivity contribution < 1.29 is 8.42 Å². The van der Waals surface area contributed by atoms with Crippen molar-refractivity contribution in [3.8, 4) is 6.07 Å². The molecule has 0 saturated heterocycles. The van der Waals surface area contributed by atoms with Gasteiger partial charge in [-0.2, -0.15) is 9.57 Å². The van der Waals surface area contributed by atoms with Crippen LogP contribution in [0.4, 0.5) is 5.82 Å². The number of nitriles is 1. The first kappa shape index (κ1) is 14.4. The smallest absolute Gasteiger partial charge is 0.244 e. The average molecular weight is 315 g/mol. The molecular weight excluding hydrogens is 302 g/mol. The first-order valence-electron chi connectivity index (χ1n) is 6.61. The van der Waals surface area contributed by atoms with E-state index in [1.807, 2.05) is 6.07 Å². The summed E-state index contributed by atoms with van der Waals surface area (Å²) < 4.78 is 26.8. The highest BCUT2D eigenvalue weighted by Crippen LogP contribution is 2.27. The van der Waals surface area contributed by atoms with Crippen LogP contribution in [0.1, 0.15) is 16.8 Å². The normalized spacial score (nSPS) is 15.0. The van der Waals surface area contributed by atoms with Crippen LogP contribution >= 0.6 is 0 Å². The van der Waals surface area contributed by atoms with Gasteiger partial charge in [0, 0.05) is 12.1 Å². The third-order valence-corrected chi connectivity index (χ3v) is 5.53. The van der Waals surface area contributed by atoms with Gasteiger partial charge >= 0.3 is 0 Å². The fourth-order valence-corrected chi connectivity index (χ4v) is 4.03. The van der Waals surface area contributed by atoms with E-state index in [1.54, 1.807) is 12.1 Å². The van der Waals surface area contributed by atoms with Crippen LogP contribution in [-0.4, -0.2) is 29.2 Å². The summed E-state index contributed by atoms with van der Waals surface area (Å²) in [7, 11) is -3.75. The van der Waals surface area contributed by atoms with Gasteiger partial charge in [0.1, 0.15) is 18.2 Å². The minimum Gasteiger partial charge on any atom is -0.383 e. The van der Waals surface area contributed by atoms with E-state index in [-0.39, 0.29) is 23.5 Å². The second-order valence-corrected chi connectivity index (χ2v) is 6.79. The maximum absolute atomic E-state index is 12.8. The Labute approximate surface area is 128 Å². The van der Waals surface area contributed by atoms with Crippen molar-refractivity contribution in [3.05, 3.63) is 47.4 Å². The summed E-state index contributed by atoms with van der Waals surface area (Å²) in [4.78, 5) is 8.06. The number of anilines is 1. The quantitative estimate of drug-likeness (QED) is 0.871. The van der Waals surface area contributed by atoms with Crippen LogP contribution in [0.2, 0.25) is 0 Å². The molecule has 0 saturated carbocycles. The highest BCUT2D eigenvalue weighted by Gasteiger charge is 2.31. The molecule has 0 amide bonds. The second kappa shape index (κ2) is 5.36. The number of nitrogens with zero attached hydrogens (tertiary/aromatic N) is 4. The molecule has 1 aliphatic rings. The molecule has 2 aromatic rings. The molecule has 0 atom stereocenters.